The summed E-state index contributed by atoms with van der Waals surface area (Å²) in [5.74, 6) is -0.319. The van der Waals surface area contributed by atoms with Gasteiger partial charge in [-0.15, -0.1) is 0 Å². The number of nitrogens with zero attached hydrogens (tertiary/aromatic N) is 4. The molecule has 4 rings (SSSR count). The Labute approximate surface area is 191 Å². The Morgan fingerprint density at radius 3 is 2.61 bits per heavy atom. The largest absolute Gasteiger partial charge is 0.350 e. The summed E-state index contributed by atoms with van der Waals surface area (Å²) in [5.41, 5.74) is 5.28. The van der Waals surface area contributed by atoms with E-state index in [1.165, 1.54) is 16.8 Å². The Balaban J connectivity index is 1.68. The van der Waals surface area contributed by atoms with Crippen molar-refractivity contribution in [3.8, 4) is 16.9 Å². The van der Waals surface area contributed by atoms with Crippen LogP contribution in [-0.2, 0) is 6.42 Å². The van der Waals surface area contributed by atoms with Gasteiger partial charge in [-0.2, -0.15) is 5.10 Å². The molecule has 0 radical (unpaired) electrons. The molecule has 2 aromatic carbocycles. The van der Waals surface area contributed by atoms with E-state index in [0.717, 1.165) is 22.4 Å². The third kappa shape index (κ3) is 4.95. The lowest BCUT2D eigenvalue weighted by molar-refractivity contribution is -0.384. The van der Waals surface area contributed by atoms with Gasteiger partial charge in [0.2, 0.25) is 0 Å². The molecule has 0 saturated carbocycles. The predicted octanol–water partition coefficient (Wildman–Crippen LogP) is 4.43. The number of hydrogen-bond acceptors (Lipinski definition) is 5. The number of pyridine rings is 1. The fourth-order valence-corrected chi connectivity index (χ4v) is 3.46. The summed E-state index contributed by atoms with van der Waals surface area (Å²) in [5, 5.41) is 18.8. The van der Waals surface area contributed by atoms with Crippen molar-refractivity contribution in [1.82, 2.24) is 20.1 Å². The molecular weight excluding hydrogens is 418 g/mol. The number of carbonyl (C=O) groups is 1. The maximum Gasteiger partial charge on any atom is 0.271 e. The molecule has 1 N–H and O–H groups in total. The lowest BCUT2D eigenvalue weighted by atomic mass is 10.0. The Morgan fingerprint density at radius 1 is 1.03 bits per heavy atom. The first-order valence-corrected chi connectivity index (χ1v) is 10.5. The molecule has 1 amide bonds. The Hall–Kier alpha value is -4.33. The highest BCUT2D eigenvalue weighted by atomic mass is 16.6. The van der Waals surface area contributed by atoms with Gasteiger partial charge in [0.25, 0.3) is 11.6 Å². The summed E-state index contributed by atoms with van der Waals surface area (Å²) in [6.07, 6.45) is 2.30. The summed E-state index contributed by atoms with van der Waals surface area (Å²) in [6, 6.07) is 19.4. The van der Waals surface area contributed by atoms with Crippen molar-refractivity contribution in [1.29, 1.82) is 0 Å². The average molecular weight is 441 g/mol. The van der Waals surface area contributed by atoms with Crippen molar-refractivity contribution in [2.75, 3.05) is 6.54 Å². The highest BCUT2D eigenvalue weighted by Crippen LogP contribution is 2.25. The standard InChI is InChI=1S/C25H23N5O3/c1-17-9-10-19(14-18(17)2)23-16-24(25(31)27-13-11-20-6-3-4-12-26-20)29(28-23)21-7-5-8-22(15-21)30(32)33/h3-10,12,14-16H,11,13H2,1-2H3,(H,27,31). The van der Waals surface area contributed by atoms with E-state index in [-0.39, 0.29) is 11.6 Å². The third-order valence-electron chi connectivity index (χ3n) is 5.42. The van der Waals surface area contributed by atoms with Crippen LogP contribution in [-0.4, -0.2) is 32.1 Å². The van der Waals surface area contributed by atoms with Crippen LogP contribution >= 0.6 is 0 Å². The van der Waals surface area contributed by atoms with E-state index in [1.54, 1.807) is 24.4 Å². The minimum atomic E-state index is -0.468. The first-order chi connectivity index (χ1) is 15.9. The quantitative estimate of drug-likeness (QED) is 0.338. The van der Waals surface area contributed by atoms with Crippen LogP contribution in [0.2, 0.25) is 0 Å². The minimum absolute atomic E-state index is 0.0720. The van der Waals surface area contributed by atoms with Gasteiger partial charge in [0.05, 0.1) is 16.3 Å². The van der Waals surface area contributed by atoms with Crippen molar-refractivity contribution in [3.63, 3.8) is 0 Å². The van der Waals surface area contributed by atoms with E-state index >= 15 is 0 Å². The van der Waals surface area contributed by atoms with Gasteiger partial charge in [0.1, 0.15) is 5.69 Å². The number of carbonyl (C=O) groups excluding carboxylic acids is 1. The molecule has 0 aliphatic carbocycles. The average Bonchev–Trinajstić information content (AvgIpc) is 3.27. The molecular formula is C25H23N5O3. The van der Waals surface area contributed by atoms with Gasteiger partial charge in [0.15, 0.2) is 0 Å². The zero-order valence-corrected chi connectivity index (χ0v) is 18.4. The van der Waals surface area contributed by atoms with Crippen LogP contribution in [0.5, 0.6) is 0 Å². The Kier molecular flexibility index (Phi) is 6.26. The molecule has 0 saturated heterocycles. The number of nitro groups is 1. The van der Waals surface area contributed by atoms with E-state index in [2.05, 4.69) is 15.4 Å². The van der Waals surface area contributed by atoms with E-state index < -0.39 is 4.92 Å². The molecule has 0 aliphatic rings. The molecule has 33 heavy (non-hydrogen) atoms. The summed E-state index contributed by atoms with van der Waals surface area (Å²) in [6.45, 7) is 4.44. The maximum atomic E-state index is 13.1. The van der Waals surface area contributed by atoms with Crippen LogP contribution in [0, 0.1) is 24.0 Å². The second-order valence-electron chi connectivity index (χ2n) is 7.73. The molecule has 0 fully saturated rings. The van der Waals surface area contributed by atoms with E-state index in [0.29, 0.717) is 30.0 Å². The van der Waals surface area contributed by atoms with Gasteiger partial charge in [0, 0.05) is 42.6 Å². The second kappa shape index (κ2) is 9.44. The van der Waals surface area contributed by atoms with Crippen LogP contribution in [0.25, 0.3) is 16.9 Å². The summed E-state index contributed by atoms with van der Waals surface area (Å²) < 4.78 is 1.45. The number of benzene rings is 2. The van der Waals surface area contributed by atoms with E-state index in [1.807, 2.05) is 50.2 Å². The number of amides is 1. The summed E-state index contributed by atoms with van der Waals surface area (Å²) in [7, 11) is 0. The minimum Gasteiger partial charge on any atom is -0.350 e. The van der Waals surface area contributed by atoms with Crippen LogP contribution in [0.3, 0.4) is 0 Å². The highest BCUT2D eigenvalue weighted by molar-refractivity contribution is 5.94. The highest BCUT2D eigenvalue weighted by Gasteiger charge is 2.19. The molecule has 0 aliphatic heterocycles. The molecule has 166 valence electrons. The Morgan fingerprint density at radius 2 is 1.88 bits per heavy atom. The zero-order valence-electron chi connectivity index (χ0n) is 18.4. The molecule has 2 heterocycles. The summed E-state index contributed by atoms with van der Waals surface area (Å²) >= 11 is 0. The molecule has 8 heteroatoms. The molecule has 8 nitrogen and oxygen atoms in total. The van der Waals surface area contributed by atoms with E-state index in [9.17, 15) is 14.9 Å². The number of hydrogen-bond donors (Lipinski definition) is 1. The summed E-state index contributed by atoms with van der Waals surface area (Å²) in [4.78, 5) is 28.2. The van der Waals surface area contributed by atoms with Gasteiger partial charge in [-0.1, -0.05) is 24.3 Å². The predicted molar refractivity (Wildman–Crippen MR) is 125 cm³/mol. The van der Waals surface area contributed by atoms with Crippen molar-refractivity contribution in [2.24, 2.45) is 0 Å². The van der Waals surface area contributed by atoms with Crippen molar-refractivity contribution < 1.29 is 9.72 Å². The van der Waals surface area contributed by atoms with E-state index in [4.69, 9.17) is 0 Å². The number of nitro benzene ring substituents is 1. The van der Waals surface area contributed by atoms with Gasteiger partial charge < -0.3 is 5.32 Å². The molecule has 0 unspecified atom stereocenters. The van der Waals surface area contributed by atoms with Crippen LogP contribution < -0.4 is 5.32 Å². The number of non-ortho nitro benzene ring substituents is 1. The molecule has 0 spiro atoms. The maximum absolute atomic E-state index is 13.1. The normalized spacial score (nSPS) is 10.7. The van der Waals surface area contributed by atoms with Gasteiger partial charge in [-0.25, -0.2) is 4.68 Å². The fourth-order valence-electron chi connectivity index (χ4n) is 3.46. The zero-order chi connectivity index (χ0) is 23.4. The number of rotatable bonds is 7. The monoisotopic (exact) mass is 441 g/mol. The van der Waals surface area contributed by atoms with Crippen molar-refractivity contribution >= 4 is 11.6 Å². The number of aromatic nitrogens is 3. The smallest absolute Gasteiger partial charge is 0.271 e. The fraction of sp³-hybridized carbons (Fsp3) is 0.160. The van der Waals surface area contributed by atoms with Gasteiger partial charge in [-0.3, -0.25) is 19.9 Å². The SMILES string of the molecule is Cc1ccc(-c2cc(C(=O)NCCc3ccccn3)n(-c3cccc([N+](=O)[O-])c3)n2)cc1C. The lowest BCUT2D eigenvalue weighted by Crippen LogP contribution is -2.28. The van der Waals surface area contributed by atoms with Crippen molar-refractivity contribution in [3.05, 3.63) is 106 Å². The molecule has 4 aromatic rings. The third-order valence-corrected chi connectivity index (χ3v) is 5.42. The van der Waals surface area contributed by atoms with Crippen molar-refractivity contribution in [2.45, 2.75) is 20.3 Å². The van der Waals surface area contributed by atoms with Crippen LogP contribution in [0.15, 0.2) is 72.9 Å². The molecule has 0 bridgehead atoms. The Bertz CT molecular complexity index is 1310. The first kappa shape index (κ1) is 21.9. The van der Waals surface area contributed by atoms with Gasteiger partial charge in [-0.05, 0) is 55.3 Å². The second-order valence-corrected chi connectivity index (χ2v) is 7.73. The van der Waals surface area contributed by atoms with Crippen LogP contribution in [0.4, 0.5) is 5.69 Å². The molecule has 2 aromatic heterocycles. The number of aryl methyl sites for hydroxylation is 2. The van der Waals surface area contributed by atoms with Crippen LogP contribution in [0.1, 0.15) is 27.3 Å². The lowest BCUT2D eigenvalue weighted by Gasteiger charge is -2.08. The van der Waals surface area contributed by atoms with Gasteiger partial charge >= 0.3 is 0 Å². The number of nitrogens with one attached hydrogen (secondary N) is 1. The molecule has 0 atom stereocenters. The topological polar surface area (TPSA) is 103 Å². The first-order valence-electron chi connectivity index (χ1n) is 10.5.